The van der Waals surface area contributed by atoms with Crippen molar-refractivity contribution < 1.29 is 9.53 Å². The second-order valence-electron chi connectivity index (χ2n) is 7.30. The molecule has 1 aromatic carbocycles. The Balaban J connectivity index is 2.03. The van der Waals surface area contributed by atoms with Gasteiger partial charge in [0, 0.05) is 32.1 Å². The molecule has 2 rings (SSSR count). The summed E-state index contributed by atoms with van der Waals surface area (Å²) in [6.07, 6.45) is 1.51. The van der Waals surface area contributed by atoms with Crippen LogP contribution in [0, 0.1) is 0 Å². The van der Waals surface area contributed by atoms with E-state index in [1.54, 1.807) is 7.11 Å². The Labute approximate surface area is 169 Å². The maximum absolute atomic E-state index is 11.9. The summed E-state index contributed by atoms with van der Waals surface area (Å²) in [6.45, 7) is 6.97. The van der Waals surface area contributed by atoms with Crippen molar-refractivity contribution in [1.82, 2.24) is 20.4 Å². The van der Waals surface area contributed by atoms with E-state index >= 15 is 0 Å². The monoisotopic (exact) mass is 389 g/mol. The molecule has 0 radical (unpaired) electrons. The molecule has 7 nitrogen and oxygen atoms in total. The van der Waals surface area contributed by atoms with Gasteiger partial charge in [0.25, 0.3) is 0 Å². The number of likely N-dealkylation sites (tertiary alicyclic amines) is 1. The van der Waals surface area contributed by atoms with E-state index in [9.17, 15) is 4.79 Å². The normalized spacial score (nSPS) is 18.3. The first-order chi connectivity index (χ1) is 13.5. The smallest absolute Gasteiger partial charge is 0.222 e. The van der Waals surface area contributed by atoms with Crippen molar-refractivity contribution in [3.63, 3.8) is 0 Å². The molecule has 1 fully saturated rings. The van der Waals surface area contributed by atoms with Gasteiger partial charge in [-0.3, -0.25) is 9.79 Å². The number of carbonyl (C=O) groups excluding carboxylic acids is 1. The van der Waals surface area contributed by atoms with Crippen molar-refractivity contribution in [3.05, 3.63) is 29.8 Å². The molecule has 1 heterocycles. The largest absolute Gasteiger partial charge is 0.497 e. The second kappa shape index (κ2) is 10.9. The van der Waals surface area contributed by atoms with Gasteiger partial charge >= 0.3 is 0 Å². The fourth-order valence-corrected chi connectivity index (χ4v) is 3.41. The number of guanidine groups is 1. The first-order valence-electron chi connectivity index (χ1n) is 10.1. The van der Waals surface area contributed by atoms with Crippen LogP contribution in [0.25, 0.3) is 0 Å². The number of hydrogen-bond donors (Lipinski definition) is 2. The molecule has 1 aliphatic heterocycles. The van der Waals surface area contributed by atoms with Crippen molar-refractivity contribution in [2.24, 2.45) is 4.99 Å². The Morgan fingerprint density at radius 1 is 1.32 bits per heavy atom. The molecule has 156 valence electrons. The number of aliphatic imine (C=N–C) groups is 1. The number of likely N-dealkylation sites (N-methyl/N-ethyl adjacent to an activating group) is 1. The van der Waals surface area contributed by atoms with Gasteiger partial charge in [0.15, 0.2) is 5.96 Å². The Kier molecular flexibility index (Phi) is 8.57. The maximum Gasteiger partial charge on any atom is 0.222 e. The third-order valence-corrected chi connectivity index (χ3v) is 5.07. The van der Waals surface area contributed by atoms with Gasteiger partial charge in [-0.2, -0.15) is 0 Å². The highest BCUT2D eigenvalue weighted by atomic mass is 16.5. The topological polar surface area (TPSA) is 69.2 Å². The molecule has 1 saturated heterocycles. The molecule has 2 unspecified atom stereocenters. The third kappa shape index (κ3) is 6.12. The van der Waals surface area contributed by atoms with Gasteiger partial charge in [0.2, 0.25) is 5.91 Å². The van der Waals surface area contributed by atoms with Gasteiger partial charge in [-0.25, -0.2) is 0 Å². The molecular formula is C21H35N5O2. The van der Waals surface area contributed by atoms with E-state index in [-0.39, 0.29) is 18.0 Å². The van der Waals surface area contributed by atoms with Crippen LogP contribution in [0.4, 0.5) is 0 Å². The standard InChI is InChI=1S/C21H35N5O2/c1-6-20(27)26-13-12-17(15-26)24-21(22-7-2)23-14-19(25(3)4)16-8-10-18(28-5)11-9-16/h8-11,17,19H,6-7,12-15H2,1-5H3,(H2,22,23,24). The summed E-state index contributed by atoms with van der Waals surface area (Å²) in [5.41, 5.74) is 1.20. The lowest BCUT2D eigenvalue weighted by Crippen LogP contribution is -2.45. The van der Waals surface area contributed by atoms with Crippen molar-refractivity contribution in [3.8, 4) is 5.75 Å². The van der Waals surface area contributed by atoms with E-state index < -0.39 is 0 Å². The molecule has 0 bridgehead atoms. The van der Waals surface area contributed by atoms with E-state index in [0.717, 1.165) is 37.8 Å². The summed E-state index contributed by atoms with van der Waals surface area (Å²) in [5.74, 6) is 1.88. The number of benzene rings is 1. The first-order valence-corrected chi connectivity index (χ1v) is 10.1. The van der Waals surface area contributed by atoms with Crippen molar-refractivity contribution in [1.29, 1.82) is 0 Å². The molecule has 1 aliphatic rings. The quantitative estimate of drug-likeness (QED) is 0.525. The van der Waals surface area contributed by atoms with Crippen LogP contribution < -0.4 is 15.4 Å². The number of rotatable bonds is 8. The predicted octanol–water partition coefficient (Wildman–Crippen LogP) is 1.86. The summed E-state index contributed by atoms with van der Waals surface area (Å²) in [5, 5.41) is 6.82. The van der Waals surface area contributed by atoms with Crippen LogP contribution in [0.3, 0.4) is 0 Å². The van der Waals surface area contributed by atoms with E-state index in [0.29, 0.717) is 13.0 Å². The van der Waals surface area contributed by atoms with Gasteiger partial charge in [-0.05, 0) is 45.1 Å². The SMILES string of the molecule is CCNC(=NCC(c1ccc(OC)cc1)N(C)C)NC1CCN(C(=O)CC)C1. The van der Waals surface area contributed by atoms with Crippen molar-refractivity contribution >= 4 is 11.9 Å². The Hall–Kier alpha value is -2.28. The molecule has 2 N–H and O–H groups in total. The highest BCUT2D eigenvalue weighted by Gasteiger charge is 2.26. The molecule has 0 aliphatic carbocycles. The van der Waals surface area contributed by atoms with Crippen LogP contribution in [0.2, 0.25) is 0 Å². The Morgan fingerprint density at radius 3 is 2.61 bits per heavy atom. The molecule has 7 heteroatoms. The van der Waals surface area contributed by atoms with E-state index in [4.69, 9.17) is 9.73 Å². The molecule has 0 aromatic heterocycles. The lowest BCUT2D eigenvalue weighted by Gasteiger charge is -2.24. The van der Waals surface area contributed by atoms with Crippen molar-refractivity contribution in [2.45, 2.75) is 38.8 Å². The van der Waals surface area contributed by atoms with Crippen LogP contribution in [-0.2, 0) is 4.79 Å². The molecular weight excluding hydrogens is 354 g/mol. The zero-order valence-electron chi connectivity index (χ0n) is 17.9. The van der Waals surface area contributed by atoms with Gasteiger partial charge < -0.3 is 25.2 Å². The van der Waals surface area contributed by atoms with E-state index in [1.807, 2.05) is 24.0 Å². The van der Waals surface area contributed by atoms with E-state index in [1.165, 1.54) is 5.56 Å². The Morgan fingerprint density at radius 2 is 2.04 bits per heavy atom. The zero-order chi connectivity index (χ0) is 20.5. The van der Waals surface area contributed by atoms with Gasteiger partial charge in [-0.1, -0.05) is 19.1 Å². The van der Waals surface area contributed by atoms with Crippen molar-refractivity contribution in [2.75, 3.05) is 47.4 Å². The number of nitrogens with zero attached hydrogens (tertiary/aromatic N) is 3. The highest BCUT2D eigenvalue weighted by molar-refractivity contribution is 5.80. The lowest BCUT2D eigenvalue weighted by atomic mass is 10.1. The lowest BCUT2D eigenvalue weighted by molar-refractivity contribution is -0.129. The fraction of sp³-hybridized carbons (Fsp3) is 0.619. The maximum atomic E-state index is 11.9. The fourth-order valence-electron chi connectivity index (χ4n) is 3.41. The van der Waals surface area contributed by atoms with Crippen LogP contribution in [0.5, 0.6) is 5.75 Å². The summed E-state index contributed by atoms with van der Waals surface area (Å²) in [6, 6.07) is 8.55. The average Bonchev–Trinajstić information content (AvgIpc) is 3.16. The number of hydrogen-bond acceptors (Lipinski definition) is 4. The summed E-state index contributed by atoms with van der Waals surface area (Å²) in [4.78, 5) is 20.8. The number of ether oxygens (including phenoxy) is 1. The predicted molar refractivity (Wildman–Crippen MR) is 114 cm³/mol. The molecule has 28 heavy (non-hydrogen) atoms. The average molecular weight is 390 g/mol. The molecule has 1 amide bonds. The molecule has 0 spiro atoms. The third-order valence-electron chi connectivity index (χ3n) is 5.07. The minimum absolute atomic E-state index is 0.170. The zero-order valence-corrected chi connectivity index (χ0v) is 17.9. The molecule has 2 atom stereocenters. The summed E-state index contributed by atoms with van der Waals surface area (Å²) in [7, 11) is 5.81. The Bertz CT molecular complexity index is 645. The van der Waals surface area contributed by atoms with Crippen LogP contribution in [-0.4, -0.2) is 75.1 Å². The minimum atomic E-state index is 0.170. The van der Waals surface area contributed by atoms with E-state index in [2.05, 4.69) is 48.7 Å². The summed E-state index contributed by atoms with van der Waals surface area (Å²) < 4.78 is 5.26. The minimum Gasteiger partial charge on any atom is -0.497 e. The molecule has 0 saturated carbocycles. The summed E-state index contributed by atoms with van der Waals surface area (Å²) >= 11 is 0. The van der Waals surface area contributed by atoms with Crippen LogP contribution in [0.15, 0.2) is 29.3 Å². The number of amides is 1. The second-order valence-corrected chi connectivity index (χ2v) is 7.30. The number of carbonyl (C=O) groups is 1. The number of methoxy groups -OCH3 is 1. The first kappa shape index (κ1) is 22.0. The van der Waals surface area contributed by atoms with Crippen LogP contribution in [0.1, 0.15) is 38.3 Å². The van der Waals surface area contributed by atoms with Gasteiger partial charge in [-0.15, -0.1) is 0 Å². The molecule has 1 aromatic rings. The van der Waals surface area contributed by atoms with Crippen LogP contribution >= 0.6 is 0 Å². The van der Waals surface area contributed by atoms with Gasteiger partial charge in [0.1, 0.15) is 5.75 Å². The van der Waals surface area contributed by atoms with Gasteiger partial charge in [0.05, 0.1) is 19.7 Å². The highest BCUT2D eigenvalue weighted by Crippen LogP contribution is 2.21. The number of nitrogens with one attached hydrogen (secondary N) is 2.